The molecule has 1 unspecified atom stereocenters. The van der Waals surface area contributed by atoms with Crippen molar-refractivity contribution in [2.45, 2.75) is 19.3 Å². The lowest BCUT2D eigenvalue weighted by Gasteiger charge is -2.13. The minimum atomic E-state index is 0.353. The van der Waals surface area contributed by atoms with Crippen LogP contribution in [0.25, 0.3) is 11.3 Å². The van der Waals surface area contributed by atoms with Crippen LogP contribution in [0.2, 0.25) is 0 Å². The number of nitrogens with one attached hydrogen (secondary N) is 1. The minimum Gasteiger partial charge on any atom is -0.319 e. The Morgan fingerprint density at radius 1 is 1.28 bits per heavy atom. The van der Waals surface area contributed by atoms with Crippen molar-refractivity contribution in [2.75, 3.05) is 13.6 Å². The van der Waals surface area contributed by atoms with Gasteiger partial charge in [-0.2, -0.15) is 0 Å². The highest BCUT2D eigenvalue weighted by Crippen LogP contribution is 2.19. The highest BCUT2D eigenvalue weighted by molar-refractivity contribution is 5.56. The maximum Gasteiger partial charge on any atom is 0.133 e. The van der Waals surface area contributed by atoms with Gasteiger partial charge in [0.2, 0.25) is 0 Å². The number of likely N-dealkylation sites (N-methyl/N-ethyl adjacent to an activating group) is 1. The van der Waals surface area contributed by atoms with Crippen LogP contribution in [0.3, 0.4) is 0 Å². The molecule has 2 heterocycles. The topological polar surface area (TPSA) is 50.7 Å². The van der Waals surface area contributed by atoms with Gasteiger partial charge in [0, 0.05) is 36.6 Å². The fourth-order valence-corrected chi connectivity index (χ4v) is 1.91. The number of rotatable bonds is 5. The first kappa shape index (κ1) is 12.6. The Morgan fingerprint density at radius 2 is 2.17 bits per heavy atom. The number of nitrogens with zero attached hydrogens (tertiary/aromatic N) is 3. The van der Waals surface area contributed by atoms with Crippen LogP contribution in [-0.2, 0) is 0 Å². The van der Waals surface area contributed by atoms with Crippen molar-refractivity contribution in [2.24, 2.45) is 0 Å². The highest BCUT2D eigenvalue weighted by atomic mass is 14.9. The minimum absolute atomic E-state index is 0.353. The lowest BCUT2D eigenvalue weighted by molar-refractivity contribution is 0.580. The maximum absolute atomic E-state index is 4.64. The van der Waals surface area contributed by atoms with E-state index in [4.69, 9.17) is 0 Å². The molecule has 0 spiro atoms. The van der Waals surface area contributed by atoms with Gasteiger partial charge in [0.15, 0.2) is 0 Å². The Morgan fingerprint density at radius 3 is 2.83 bits per heavy atom. The summed E-state index contributed by atoms with van der Waals surface area (Å²) in [5.41, 5.74) is 1.96. The molecule has 4 heteroatoms. The molecule has 0 radical (unpaired) electrons. The molecule has 0 bridgehead atoms. The summed E-state index contributed by atoms with van der Waals surface area (Å²) in [7, 11) is 1.95. The molecule has 0 fully saturated rings. The van der Waals surface area contributed by atoms with Gasteiger partial charge < -0.3 is 5.32 Å². The third-order valence-electron chi connectivity index (χ3n) is 2.94. The van der Waals surface area contributed by atoms with Crippen molar-refractivity contribution < 1.29 is 0 Å². The van der Waals surface area contributed by atoms with Gasteiger partial charge in [0.05, 0.1) is 5.69 Å². The van der Waals surface area contributed by atoms with E-state index in [1.165, 1.54) is 0 Å². The van der Waals surface area contributed by atoms with Crippen molar-refractivity contribution in [3.63, 3.8) is 0 Å². The molecule has 2 rings (SSSR count). The van der Waals surface area contributed by atoms with Crippen LogP contribution in [0.5, 0.6) is 0 Å². The molecule has 2 aromatic rings. The van der Waals surface area contributed by atoms with Crippen molar-refractivity contribution in [3.05, 3.63) is 42.6 Å². The second kappa shape index (κ2) is 6.21. The summed E-state index contributed by atoms with van der Waals surface area (Å²) >= 11 is 0. The Labute approximate surface area is 108 Å². The summed E-state index contributed by atoms with van der Waals surface area (Å²) in [6, 6.07) is 5.85. The summed E-state index contributed by atoms with van der Waals surface area (Å²) in [4.78, 5) is 13.1. The van der Waals surface area contributed by atoms with E-state index in [1.54, 1.807) is 6.20 Å². The van der Waals surface area contributed by atoms with Crippen molar-refractivity contribution in [1.29, 1.82) is 0 Å². The third kappa shape index (κ3) is 2.90. The summed E-state index contributed by atoms with van der Waals surface area (Å²) < 4.78 is 0. The van der Waals surface area contributed by atoms with Gasteiger partial charge in [-0.25, -0.2) is 9.97 Å². The molecule has 0 aliphatic heterocycles. The van der Waals surface area contributed by atoms with Crippen molar-refractivity contribution in [1.82, 2.24) is 20.3 Å². The zero-order valence-electron chi connectivity index (χ0n) is 10.8. The number of hydrogen-bond donors (Lipinski definition) is 1. The molecule has 18 heavy (non-hydrogen) atoms. The summed E-state index contributed by atoms with van der Waals surface area (Å²) in [5.74, 6) is 1.25. The first-order chi connectivity index (χ1) is 8.85. The normalized spacial score (nSPS) is 12.3. The predicted octanol–water partition coefficient (Wildman–Crippen LogP) is 2.25. The molecule has 1 N–H and O–H groups in total. The molecular weight excluding hydrogens is 224 g/mol. The van der Waals surface area contributed by atoms with Gasteiger partial charge >= 0.3 is 0 Å². The van der Waals surface area contributed by atoms with Gasteiger partial charge in [-0.05, 0) is 31.7 Å². The quantitative estimate of drug-likeness (QED) is 0.873. The van der Waals surface area contributed by atoms with Crippen LogP contribution in [-0.4, -0.2) is 28.5 Å². The monoisotopic (exact) mass is 242 g/mol. The Balaban J connectivity index is 2.30. The average molecular weight is 242 g/mol. The van der Waals surface area contributed by atoms with Crippen LogP contribution in [0, 0.1) is 0 Å². The Kier molecular flexibility index (Phi) is 4.36. The molecule has 94 valence electrons. The van der Waals surface area contributed by atoms with E-state index in [0.717, 1.165) is 30.0 Å². The second-order valence-electron chi connectivity index (χ2n) is 4.20. The second-order valence-corrected chi connectivity index (χ2v) is 4.20. The fourth-order valence-electron chi connectivity index (χ4n) is 1.91. The van der Waals surface area contributed by atoms with Gasteiger partial charge in [0.25, 0.3) is 0 Å². The Bertz CT molecular complexity index is 484. The summed E-state index contributed by atoms with van der Waals surface area (Å²) in [6.45, 7) is 3.05. The predicted molar refractivity (Wildman–Crippen MR) is 72.2 cm³/mol. The molecule has 0 saturated carbocycles. The van der Waals surface area contributed by atoms with Gasteiger partial charge in [-0.3, -0.25) is 4.98 Å². The molecule has 1 atom stereocenters. The fraction of sp³-hybridized carbons (Fsp3) is 0.357. The first-order valence-corrected chi connectivity index (χ1v) is 6.23. The zero-order valence-corrected chi connectivity index (χ0v) is 10.8. The van der Waals surface area contributed by atoms with E-state index in [0.29, 0.717) is 5.92 Å². The molecule has 4 nitrogen and oxygen atoms in total. The van der Waals surface area contributed by atoms with Crippen molar-refractivity contribution >= 4 is 0 Å². The largest absolute Gasteiger partial charge is 0.319 e. The smallest absolute Gasteiger partial charge is 0.133 e. The lowest BCUT2D eigenvalue weighted by atomic mass is 10.1. The molecule has 0 aromatic carbocycles. The average Bonchev–Trinajstić information content (AvgIpc) is 2.46. The molecule has 0 aliphatic carbocycles. The van der Waals surface area contributed by atoms with E-state index in [1.807, 2.05) is 37.6 Å². The van der Waals surface area contributed by atoms with Crippen LogP contribution < -0.4 is 5.32 Å². The van der Waals surface area contributed by atoms with E-state index < -0.39 is 0 Å². The SMILES string of the molecule is CCC(CNC)c1nccc(-c2cccnc2)n1. The molecule has 0 amide bonds. The van der Waals surface area contributed by atoms with Gasteiger partial charge in [-0.1, -0.05) is 6.92 Å². The highest BCUT2D eigenvalue weighted by Gasteiger charge is 2.12. The van der Waals surface area contributed by atoms with E-state index in [2.05, 4.69) is 27.2 Å². The molecular formula is C14H18N4. The lowest BCUT2D eigenvalue weighted by Crippen LogP contribution is -2.18. The van der Waals surface area contributed by atoms with Crippen LogP contribution in [0.15, 0.2) is 36.8 Å². The van der Waals surface area contributed by atoms with Gasteiger partial charge in [0.1, 0.15) is 5.82 Å². The van der Waals surface area contributed by atoms with Crippen molar-refractivity contribution in [3.8, 4) is 11.3 Å². The molecule has 0 aliphatic rings. The Hall–Kier alpha value is -1.81. The van der Waals surface area contributed by atoms with Crippen LogP contribution in [0.1, 0.15) is 25.1 Å². The molecule has 0 saturated heterocycles. The van der Waals surface area contributed by atoms with Crippen LogP contribution in [0.4, 0.5) is 0 Å². The summed E-state index contributed by atoms with van der Waals surface area (Å²) in [6.07, 6.45) is 6.44. The first-order valence-electron chi connectivity index (χ1n) is 6.23. The van der Waals surface area contributed by atoms with E-state index in [9.17, 15) is 0 Å². The number of pyridine rings is 1. The van der Waals surface area contributed by atoms with Gasteiger partial charge in [-0.15, -0.1) is 0 Å². The molecule has 2 aromatic heterocycles. The maximum atomic E-state index is 4.64. The summed E-state index contributed by atoms with van der Waals surface area (Å²) in [5, 5.41) is 3.18. The zero-order chi connectivity index (χ0) is 12.8. The van der Waals surface area contributed by atoms with E-state index in [-0.39, 0.29) is 0 Å². The third-order valence-corrected chi connectivity index (χ3v) is 2.94. The number of aromatic nitrogens is 3. The van der Waals surface area contributed by atoms with Crippen LogP contribution >= 0.6 is 0 Å². The van der Waals surface area contributed by atoms with E-state index >= 15 is 0 Å². The standard InChI is InChI=1S/C14H18N4/c1-3-11(9-15-2)14-17-8-6-13(18-14)12-5-4-7-16-10-12/h4-8,10-11,15H,3,9H2,1-2H3. The number of hydrogen-bond acceptors (Lipinski definition) is 4.